The number of benzene rings is 1. The van der Waals surface area contributed by atoms with Crippen molar-refractivity contribution in [1.29, 1.82) is 0 Å². The average Bonchev–Trinajstić information content (AvgIpc) is 2.40. The molecule has 0 spiro atoms. The van der Waals surface area contributed by atoms with Gasteiger partial charge < -0.3 is 10.1 Å². The highest BCUT2D eigenvalue weighted by Crippen LogP contribution is 2.31. The molecule has 1 fully saturated rings. The predicted molar refractivity (Wildman–Crippen MR) is 76.1 cm³/mol. The standard InChI is InChI=1S/C16H24FNO/c1-3-4-13-5-7-14(8-6-13)16(2,17)11-15-12-19-10-9-18-15/h5-8,15,18H,3-4,9-12H2,1-2H3. The van der Waals surface area contributed by atoms with Gasteiger partial charge in [-0.25, -0.2) is 4.39 Å². The zero-order valence-electron chi connectivity index (χ0n) is 11.9. The molecule has 0 saturated carbocycles. The molecule has 0 amide bonds. The first kappa shape index (κ1) is 14.5. The highest BCUT2D eigenvalue weighted by molar-refractivity contribution is 5.27. The highest BCUT2D eigenvalue weighted by atomic mass is 19.1. The van der Waals surface area contributed by atoms with E-state index in [2.05, 4.69) is 12.2 Å². The van der Waals surface area contributed by atoms with Gasteiger partial charge in [-0.2, -0.15) is 0 Å². The number of hydrogen-bond acceptors (Lipinski definition) is 2. The van der Waals surface area contributed by atoms with E-state index in [0.29, 0.717) is 13.0 Å². The summed E-state index contributed by atoms with van der Waals surface area (Å²) in [6.45, 7) is 5.97. The van der Waals surface area contributed by atoms with Crippen LogP contribution in [0.25, 0.3) is 0 Å². The molecular weight excluding hydrogens is 241 g/mol. The Morgan fingerprint density at radius 3 is 2.68 bits per heavy atom. The Balaban J connectivity index is 2.00. The lowest BCUT2D eigenvalue weighted by Crippen LogP contribution is -2.44. The van der Waals surface area contributed by atoms with Crippen LogP contribution in [-0.2, 0) is 16.8 Å². The second-order valence-corrected chi connectivity index (χ2v) is 5.57. The number of nitrogens with one attached hydrogen (secondary N) is 1. The molecule has 1 aromatic rings. The van der Waals surface area contributed by atoms with Crippen LogP contribution in [0.15, 0.2) is 24.3 Å². The van der Waals surface area contributed by atoms with Crippen molar-refractivity contribution >= 4 is 0 Å². The number of rotatable bonds is 5. The van der Waals surface area contributed by atoms with E-state index in [4.69, 9.17) is 4.74 Å². The zero-order valence-corrected chi connectivity index (χ0v) is 11.9. The lowest BCUT2D eigenvalue weighted by molar-refractivity contribution is 0.0474. The maximum atomic E-state index is 14.8. The molecule has 1 saturated heterocycles. The van der Waals surface area contributed by atoms with Crippen molar-refractivity contribution in [3.63, 3.8) is 0 Å². The van der Waals surface area contributed by atoms with Gasteiger partial charge in [0.15, 0.2) is 0 Å². The zero-order chi connectivity index (χ0) is 13.7. The van der Waals surface area contributed by atoms with Gasteiger partial charge in [0.05, 0.1) is 13.2 Å². The molecule has 0 aliphatic carbocycles. The summed E-state index contributed by atoms with van der Waals surface area (Å²) in [5.41, 5.74) is 0.740. The third kappa shape index (κ3) is 4.02. The van der Waals surface area contributed by atoms with Gasteiger partial charge in [-0.15, -0.1) is 0 Å². The van der Waals surface area contributed by atoms with E-state index in [1.807, 2.05) is 24.3 Å². The molecule has 2 atom stereocenters. The maximum absolute atomic E-state index is 14.8. The van der Waals surface area contributed by atoms with Crippen molar-refractivity contribution in [2.24, 2.45) is 0 Å². The highest BCUT2D eigenvalue weighted by Gasteiger charge is 2.30. The maximum Gasteiger partial charge on any atom is 0.134 e. The van der Waals surface area contributed by atoms with E-state index in [1.165, 1.54) is 5.56 Å². The Labute approximate surface area is 115 Å². The van der Waals surface area contributed by atoms with Gasteiger partial charge in [-0.05, 0) is 24.5 Å². The van der Waals surface area contributed by atoms with Crippen molar-refractivity contribution in [2.45, 2.75) is 44.8 Å². The Bertz CT molecular complexity index is 382. The lowest BCUT2D eigenvalue weighted by Gasteiger charge is -2.30. The van der Waals surface area contributed by atoms with E-state index in [0.717, 1.165) is 31.6 Å². The fraction of sp³-hybridized carbons (Fsp3) is 0.625. The average molecular weight is 265 g/mol. The number of ether oxygens (including phenoxy) is 1. The van der Waals surface area contributed by atoms with Crippen LogP contribution in [0.3, 0.4) is 0 Å². The largest absolute Gasteiger partial charge is 0.379 e. The molecule has 106 valence electrons. The SMILES string of the molecule is CCCc1ccc(C(C)(F)CC2COCCN2)cc1. The van der Waals surface area contributed by atoms with Crippen LogP contribution in [0.1, 0.15) is 37.8 Å². The van der Waals surface area contributed by atoms with Crippen LogP contribution in [0, 0.1) is 0 Å². The second kappa shape index (κ2) is 6.49. The van der Waals surface area contributed by atoms with E-state index in [9.17, 15) is 4.39 Å². The molecule has 1 N–H and O–H groups in total. The third-order valence-corrected chi connectivity index (χ3v) is 3.72. The summed E-state index contributed by atoms with van der Waals surface area (Å²) in [6, 6.07) is 8.05. The lowest BCUT2D eigenvalue weighted by atomic mass is 9.90. The third-order valence-electron chi connectivity index (χ3n) is 3.72. The smallest absolute Gasteiger partial charge is 0.134 e. The van der Waals surface area contributed by atoms with Gasteiger partial charge >= 0.3 is 0 Å². The van der Waals surface area contributed by atoms with Crippen LogP contribution in [-0.4, -0.2) is 25.8 Å². The van der Waals surface area contributed by atoms with E-state index >= 15 is 0 Å². The molecule has 3 heteroatoms. The molecule has 19 heavy (non-hydrogen) atoms. The van der Waals surface area contributed by atoms with Crippen molar-refractivity contribution in [3.05, 3.63) is 35.4 Å². The molecule has 0 bridgehead atoms. The van der Waals surface area contributed by atoms with Crippen molar-refractivity contribution in [3.8, 4) is 0 Å². The number of halogens is 1. The van der Waals surface area contributed by atoms with Gasteiger partial charge in [0, 0.05) is 19.0 Å². The topological polar surface area (TPSA) is 21.3 Å². The molecule has 1 aromatic carbocycles. The van der Waals surface area contributed by atoms with Gasteiger partial charge in [0.1, 0.15) is 5.67 Å². The normalized spacial score (nSPS) is 23.0. The summed E-state index contributed by atoms with van der Waals surface area (Å²) in [4.78, 5) is 0. The number of alkyl halides is 1. The quantitative estimate of drug-likeness (QED) is 0.882. The Morgan fingerprint density at radius 1 is 1.37 bits per heavy atom. The first-order valence-corrected chi connectivity index (χ1v) is 7.21. The fourth-order valence-corrected chi connectivity index (χ4v) is 2.64. The van der Waals surface area contributed by atoms with Gasteiger partial charge in [-0.3, -0.25) is 0 Å². The van der Waals surface area contributed by atoms with Crippen molar-refractivity contribution < 1.29 is 9.13 Å². The minimum absolute atomic E-state index is 0.110. The van der Waals surface area contributed by atoms with Gasteiger partial charge in [-0.1, -0.05) is 37.6 Å². The van der Waals surface area contributed by atoms with E-state index in [1.54, 1.807) is 6.92 Å². The number of hydrogen-bond donors (Lipinski definition) is 1. The molecule has 1 aliphatic heterocycles. The number of aryl methyl sites for hydroxylation is 1. The van der Waals surface area contributed by atoms with Crippen LogP contribution in [0.4, 0.5) is 4.39 Å². The number of morpholine rings is 1. The van der Waals surface area contributed by atoms with Crippen molar-refractivity contribution in [1.82, 2.24) is 5.32 Å². The Morgan fingerprint density at radius 2 is 2.11 bits per heavy atom. The van der Waals surface area contributed by atoms with Gasteiger partial charge in [0.25, 0.3) is 0 Å². The molecular formula is C16H24FNO. The molecule has 2 unspecified atom stereocenters. The molecule has 0 aromatic heterocycles. The van der Waals surface area contributed by atoms with Crippen molar-refractivity contribution in [2.75, 3.05) is 19.8 Å². The summed E-state index contributed by atoms with van der Waals surface area (Å²) in [7, 11) is 0. The monoisotopic (exact) mass is 265 g/mol. The summed E-state index contributed by atoms with van der Waals surface area (Å²) in [5.74, 6) is 0. The minimum atomic E-state index is -1.30. The predicted octanol–water partition coefficient (Wildman–Crippen LogP) is 3.20. The summed E-state index contributed by atoms with van der Waals surface area (Å²) >= 11 is 0. The van der Waals surface area contributed by atoms with E-state index < -0.39 is 5.67 Å². The van der Waals surface area contributed by atoms with Crippen LogP contribution >= 0.6 is 0 Å². The Kier molecular flexibility index (Phi) is 4.94. The molecule has 2 nitrogen and oxygen atoms in total. The van der Waals surface area contributed by atoms with Gasteiger partial charge in [0.2, 0.25) is 0 Å². The first-order chi connectivity index (χ1) is 9.12. The summed E-state index contributed by atoms with van der Waals surface area (Å²) in [5, 5.41) is 3.31. The van der Waals surface area contributed by atoms with Crippen LogP contribution in [0.5, 0.6) is 0 Å². The summed E-state index contributed by atoms with van der Waals surface area (Å²) in [6.07, 6.45) is 2.64. The molecule has 0 radical (unpaired) electrons. The fourth-order valence-electron chi connectivity index (χ4n) is 2.64. The first-order valence-electron chi connectivity index (χ1n) is 7.21. The molecule has 1 aliphatic rings. The van der Waals surface area contributed by atoms with Crippen LogP contribution < -0.4 is 5.32 Å². The Hall–Kier alpha value is -0.930. The summed E-state index contributed by atoms with van der Waals surface area (Å²) < 4.78 is 20.2. The van der Waals surface area contributed by atoms with Crippen LogP contribution in [0.2, 0.25) is 0 Å². The second-order valence-electron chi connectivity index (χ2n) is 5.57. The minimum Gasteiger partial charge on any atom is -0.379 e. The molecule has 2 rings (SSSR count). The van der Waals surface area contributed by atoms with E-state index in [-0.39, 0.29) is 6.04 Å². The molecule has 1 heterocycles.